The summed E-state index contributed by atoms with van der Waals surface area (Å²) in [7, 11) is 1.67. The molecule has 1 saturated heterocycles. The van der Waals surface area contributed by atoms with Crippen LogP contribution in [-0.4, -0.2) is 50.5 Å². The first-order valence-corrected chi connectivity index (χ1v) is 7.82. The monoisotopic (exact) mass is 293 g/mol. The number of unbranched alkanes of at least 4 members (excludes halogenated alkanes) is 1. The summed E-state index contributed by atoms with van der Waals surface area (Å²) >= 11 is 0. The summed E-state index contributed by atoms with van der Waals surface area (Å²) in [5.74, 6) is 1.63. The van der Waals surface area contributed by atoms with Gasteiger partial charge in [-0.2, -0.15) is 0 Å². The van der Waals surface area contributed by atoms with Crippen molar-refractivity contribution in [2.45, 2.75) is 38.9 Å². The van der Waals surface area contributed by atoms with E-state index in [1.54, 1.807) is 7.11 Å². The zero-order valence-corrected chi connectivity index (χ0v) is 13.4. The molecule has 1 aromatic rings. The van der Waals surface area contributed by atoms with Gasteiger partial charge in [0, 0.05) is 13.1 Å². The second-order valence-electron chi connectivity index (χ2n) is 5.72. The molecular weight excluding hydrogens is 266 g/mol. The first-order chi connectivity index (χ1) is 10.2. The van der Waals surface area contributed by atoms with E-state index in [1.165, 1.54) is 0 Å². The van der Waals surface area contributed by atoms with Crippen molar-refractivity contribution in [2.75, 3.05) is 33.4 Å². The number of morpholine rings is 1. The lowest BCUT2D eigenvalue weighted by Crippen LogP contribution is -2.45. The zero-order valence-electron chi connectivity index (χ0n) is 13.4. The van der Waals surface area contributed by atoms with Crippen molar-refractivity contribution in [3.05, 3.63) is 24.3 Å². The largest absolute Gasteiger partial charge is 0.493 e. The molecule has 0 saturated carbocycles. The Morgan fingerprint density at radius 1 is 1.10 bits per heavy atom. The fraction of sp³-hybridized carbons (Fsp3) is 0.647. The summed E-state index contributed by atoms with van der Waals surface area (Å²) in [4.78, 5) is 2.49. The third kappa shape index (κ3) is 5.21. The van der Waals surface area contributed by atoms with Gasteiger partial charge in [0.25, 0.3) is 0 Å². The third-order valence-electron chi connectivity index (χ3n) is 3.69. The summed E-state index contributed by atoms with van der Waals surface area (Å²) in [6.45, 7) is 8.22. The van der Waals surface area contributed by atoms with Crippen LogP contribution in [-0.2, 0) is 4.74 Å². The Morgan fingerprint density at radius 3 is 2.43 bits per heavy atom. The van der Waals surface area contributed by atoms with E-state index < -0.39 is 0 Å². The quantitative estimate of drug-likeness (QED) is 0.723. The van der Waals surface area contributed by atoms with Crippen LogP contribution in [0.25, 0.3) is 0 Å². The van der Waals surface area contributed by atoms with Gasteiger partial charge in [-0.25, -0.2) is 0 Å². The SMILES string of the molecule is COc1ccccc1OCCCCN1C[C@H](C)O[C@@H](C)C1. The Morgan fingerprint density at radius 2 is 1.76 bits per heavy atom. The molecule has 4 heteroatoms. The molecule has 4 nitrogen and oxygen atoms in total. The Balaban J connectivity index is 1.64. The van der Waals surface area contributed by atoms with Crippen LogP contribution in [0.15, 0.2) is 24.3 Å². The molecule has 0 aliphatic carbocycles. The van der Waals surface area contributed by atoms with E-state index in [4.69, 9.17) is 14.2 Å². The third-order valence-corrected chi connectivity index (χ3v) is 3.69. The average Bonchev–Trinajstić information content (AvgIpc) is 2.46. The maximum atomic E-state index is 5.79. The van der Waals surface area contributed by atoms with Gasteiger partial charge >= 0.3 is 0 Å². The summed E-state index contributed by atoms with van der Waals surface area (Å²) < 4.78 is 16.8. The highest BCUT2D eigenvalue weighted by molar-refractivity contribution is 5.39. The minimum Gasteiger partial charge on any atom is -0.493 e. The molecule has 1 heterocycles. The molecule has 2 atom stereocenters. The van der Waals surface area contributed by atoms with Gasteiger partial charge < -0.3 is 14.2 Å². The zero-order chi connectivity index (χ0) is 15.1. The molecule has 0 N–H and O–H groups in total. The van der Waals surface area contributed by atoms with E-state index in [0.29, 0.717) is 12.2 Å². The van der Waals surface area contributed by atoms with E-state index >= 15 is 0 Å². The Bertz CT molecular complexity index is 414. The first kappa shape index (κ1) is 16.1. The topological polar surface area (TPSA) is 30.9 Å². The van der Waals surface area contributed by atoms with Crippen LogP contribution in [0.5, 0.6) is 11.5 Å². The van der Waals surface area contributed by atoms with Crippen molar-refractivity contribution in [1.82, 2.24) is 4.90 Å². The lowest BCUT2D eigenvalue weighted by molar-refractivity contribution is -0.0682. The second kappa shape index (κ2) is 8.25. The number of benzene rings is 1. The van der Waals surface area contributed by atoms with Gasteiger partial charge in [-0.05, 0) is 45.4 Å². The number of ether oxygens (including phenoxy) is 3. The predicted molar refractivity (Wildman–Crippen MR) is 84.2 cm³/mol. The van der Waals surface area contributed by atoms with Gasteiger partial charge in [-0.3, -0.25) is 4.90 Å². The van der Waals surface area contributed by atoms with Gasteiger partial charge in [-0.15, -0.1) is 0 Å². The number of hydrogen-bond acceptors (Lipinski definition) is 4. The van der Waals surface area contributed by atoms with E-state index in [2.05, 4.69) is 18.7 Å². The molecule has 118 valence electrons. The molecule has 0 unspecified atom stereocenters. The van der Waals surface area contributed by atoms with E-state index in [-0.39, 0.29) is 0 Å². The average molecular weight is 293 g/mol. The van der Waals surface area contributed by atoms with E-state index in [9.17, 15) is 0 Å². The molecule has 0 bridgehead atoms. The maximum Gasteiger partial charge on any atom is 0.161 e. The summed E-state index contributed by atoms with van der Waals surface area (Å²) in [5, 5.41) is 0. The lowest BCUT2D eigenvalue weighted by atomic mass is 10.2. The molecule has 0 spiro atoms. The molecule has 0 radical (unpaired) electrons. The van der Waals surface area contributed by atoms with Gasteiger partial charge in [0.2, 0.25) is 0 Å². The molecule has 0 amide bonds. The molecule has 1 aromatic carbocycles. The lowest BCUT2D eigenvalue weighted by Gasteiger charge is -2.35. The second-order valence-corrected chi connectivity index (χ2v) is 5.72. The Hall–Kier alpha value is -1.26. The highest BCUT2D eigenvalue weighted by atomic mass is 16.5. The van der Waals surface area contributed by atoms with E-state index in [1.807, 2.05) is 24.3 Å². The smallest absolute Gasteiger partial charge is 0.161 e. The number of hydrogen-bond donors (Lipinski definition) is 0. The van der Waals surface area contributed by atoms with E-state index in [0.717, 1.165) is 50.6 Å². The first-order valence-electron chi connectivity index (χ1n) is 7.82. The number of nitrogens with zero attached hydrogens (tertiary/aromatic N) is 1. The highest BCUT2D eigenvalue weighted by Gasteiger charge is 2.21. The van der Waals surface area contributed by atoms with Crippen molar-refractivity contribution in [3.63, 3.8) is 0 Å². The minimum absolute atomic E-state index is 0.346. The molecule has 2 rings (SSSR count). The fourth-order valence-corrected chi connectivity index (χ4v) is 2.82. The van der Waals surface area contributed by atoms with Gasteiger partial charge in [0.15, 0.2) is 11.5 Å². The normalized spacial score (nSPS) is 23.0. The Kier molecular flexibility index (Phi) is 6.33. The minimum atomic E-state index is 0.346. The van der Waals surface area contributed by atoms with Crippen molar-refractivity contribution in [3.8, 4) is 11.5 Å². The summed E-state index contributed by atoms with van der Waals surface area (Å²) in [5.41, 5.74) is 0. The number of para-hydroxylation sites is 2. The molecule has 1 fully saturated rings. The maximum absolute atomic E-state index is 5.79. The molecular formula is C17H27NO3. The number of rotatable bonds is 7. The molecule has 1 aliphatic rings. The fourth-order valence-electron chi connectivity index (χ4n) is 2.82. The van der Waals surface area contributed by atoms with Gasteiger partial charge in [0.05, 0.1) is 25.9 Å². The van der Waals surface area contributed by atoms with Crippen LogP contribution in [0.2, 0.25) is 0 Å². The number of methoxy groups -OCH3 is 1. The van der Waals surface area contributed by atoms with Crippen molar-refractivity contribution >= 4 is 0 Å². The van der Waals surface area contributed by atoms with Crippen molar-refractivity contribution in [1.29, 1.82) is 0 Å². The van der Waals surface area contributed by atoms with Crippen molar-refractivity contribution < 1.29 is 14.2 Å². The van der Waals surface area contributed by atoms with Crippen LogP contribution in [0, 0.1) is 0 Å². The van der Waals surface area contributed by atoms with Crippen LogP contribution >= 0.6 is 0 Å². The molecule has 21 heavy (non-hydrogen) atoms. The molecule has 0 aromatic heterocycles. The molecule has 1 aliphatic heterocycles. The van der Waals surface area contributed by atoms with Crippen LogP contribution < -0.4 is 9.47 Å². The predicted octanol–water partition coefficient (Wildman–Crippen LogP) is 2.96. The van der Waals surface area contributed by atoms with Crippen LogP contribution in [0.4, 0.5) is 0 Å². The standard InChI is InChI=1S/C17H27NO3/c1-14-12-18(13-15(2)21-14)10-6-7-11-20-17-9-5-4-8-16(17)19-3/h4-5,8-9,14-15H,6-7,10-13H2,1-3H3/t14-,15-/m0/s1. The van der Waals surface area contributed by atoms with Crippen LogP contribution in [0.1, 0.15) is 26.7 Å². The van der Waals surface area contributed by atoms with Gasteiger partial charge in [0.1, 0.15) is 0 Å². The summed E-state index contributed by atoms with van der Waals surface area (Å²) in [6, 6.07) is 7.79. The van der Waals surface area contributed by atoms with Crippen LogP contribution in [0.3, 0.4) is 0 Å². The summed E-state index contributed by atoms with van der Waals surface area (Å²) in [6.07, 6.45) is 2.89. The Labute approximate surface area is 128 Å². The van der Waals surface area contributed by atoms with Crippen molar-refractivity contribution in [2.24, 2.45) is 0 Å². The van der Waals surface area contributed by atoms with Gasteiger partial charge in [-0.1, -0.05) is 12.1 Å². The highest BCUT2D eigenvalue weighted by Crippen LogP contribution is 2.25.